The highest BCUT2D eigenvalue weighted by molar-refractivity contribution is 5.93. The van der Waals surface area contributed by atoms with Crippen LogP contribution in [0.3, 0.4) is 0 Å². The molecule has 0 spiro atoms. The van der Waals surface area contributed by atoms with Crippen molar-refractivity contribution in [1.82, 2.24) is 4.98 Å². The summed E-state index contributed by atoms with van der Waals surface area (Å²) in [6.07, 6.45) is 3.24. The summed E-state index contributed by atoms with van der Waals surface area (Å²) in [6, 6.07) is 3.53. The fraction of sp³-hybridized carbons (Fsp3) is 0.538. The smallest absolute Gasteiger partial charge is 0.248 e. The van der Waals surface area contributed by atoms with Gasteiger partial charge >= 0.3 is 0 Å². The van der Waals surface area contributed by atoms with Crippen molar-refractivity contribution in [3.8, 4) is 0 Å². The summed E-state index contributed by atoms with van der Waals surface area (Å²) in [6.45, 7) is 4.52. The molecule has 0 bridgehead atoms. The summed E-state index contributed by atoms with van der Waals surface area (Å²) in [5, 5.41) is 3.26. The van der Waals surface area contributed by atoms with Crippen LogP contribution in [0.5, 0.6) is 0 Å². The van der Waals surface area contributed by atoms with Crippen LogP contribution in [-0.4, -0.2) is 23.5 Å². The van der Waals surface area contributed by atoms with Crippen molar-refractivity contribution in [2.45, 2.75) is 39.2 Å². The number of anilines is 1. The molecule has 0 aromatic carbocycles. The predicted octanol–water partition coefficient (Wildman–Crippen LogP) is 1.42. The van der Waals surface area contributed by atoms with E-state index in [2.05, 4.69) is 17.2 Å². The van der Waals surface area contributed by atoms with Crippen LogP contribution in [0.4, 0.5) is 5.82 Å². The molecular formula is C13H22N4O. The first-order valence-corrected chi connectivity index (χ1v) is 6.32. The van der Waals surface area contributed by atoms with Crippen molar-refractivity contribution in [3.63, 3.8) is 0 Å². The summed E-state index contributed by atoms with van der Waals surface area (Å²) >= 11 is 0. The van der Waals surface area contributed by atoms with E-state index in [4.69, 9.17) is 11.5 Å². The first-order chi connectivity index (χ1) is 8.56. The lowest BCUT2D eigenvalue weighted by molar-refractivity contribution is 0.1000. The number of aryl methyl sites for hydroxylation is 1. The number of hydrogen-bond acceptors (Lipinski definition) is 4. The fourth-order valence-electron chi connectivity index (χ4n) is 1.79. The van der Waals surface area contributed by atoms with Gasteiger partial charge in [-0.05, 0) is 25.5 Å². The number of pyridine rings is 1. The number of aromatic nitrogens is 1. The van der Waals surface area contributed by atoms with Gasteiger partial charge in [-0.15, -0.1) is 0 Å². The normalized spacial score (nSPS) is 12.2. The number of amides is 1. The zero-order chi connectivity index (χ0) is 13.5. The molecule has 1 aromatic rings. The maximum absolute atomic E-state index is 11.2. The number of carbonyl (C=O) groups excluding carboxylic acids is 1. The van der Waals surface area contributed by atoms with Gasteiger partial charge in [0, 0.05) is 23.8 Å². The van der Waals surface area contributed by atoms with E-state index in [1.54, 1.807) is 12.1 Å². The highest BCUT2D eigenvalue weighted by atomic mass is 16.1. The molecule has 0 radical (unpaired) electrons. The number of primary amides is 1. The highest BCUT2D eigenvalue weighted by Crippen LogP contribution is 2.12. The average Bonchev–Trinajstić information content (AvgIpc) is 2.33. The van der Waals surface area contributed by atoms with Gasteiger partial charge in [0.2, 0.25) is 5.91 Å². The Morgan fingerprint density at radius 1 is 1.50 bits per heavy atom. The minimum Gasteiger partial charge on any atom is -0.366 e. The van der Waals surface area contributed by atoms with Gasteiger partial charge in [0.25, 0.3) is 0 Å². The highest BCUT2D eigenvalue weighted by Gasteiger charge is 2.09. The Morgan fingerprint density at radius 3 is 2.78 bits per heavy atom. The van der Waals surface area contributed by atoms with Crippen LogP contribution in [-0.2, 0) is 0 Å². The minimum atomic E-state index is -0.443. The summed E-state index contributed by atoms with van der Waals surface area (Å²) in [7, 11) is 0. The average molecular weight is 250 g/mol. The molecule has 5 heteroatoms. The van der Waals surface area contributed by atoms with Crippen LogP contribution in [0.15, 0.2) is 12.1 Å². The third-order valence-electron chi connectivity index (χ3n) is 2.78. The summed E-state index contributed by atoms with van der Waals surface area (Å²) in [5.41, 5.74) is 12.2. The maximum atomic E-state index is 11.2. The third-order valence-corrected chi connectivity index (χ3v) is 2.78. The topological polar surface area (TPSA) is 94.0 Å². The van der Waals surface area contributed by atoms with Gasteiger partial charge in [0.15, 0.2) is 0 Å². The Labute approximate surface area is 108 Å². The molecule has 100 valence electrons. The largest absolute Gasteiger partial charge is 0.366 e. The van der Waals surface area contributed by atoms with Crippen molar-refractivity contribution < 1.29 is 4.79 Å². The maximum Gasteiger partial charge on any atom is 0.248 e. The number of nitrogens with one attached hydrogen (secondary N) is 1. The second-order valence-corrected chi connectivity index (χ2v) is 4.47. The van der Waals surface area contributed by atoms with Crippen LogP contribution < -0.4 is 16.8 Å². The molecule has 0 saturated carbocycles. The lowest BCUT2D eigenvalue weighted by Crippen LogP contribution is -2.29. The lowest BCUT2D eigenvalue weighted by atomic mass is 10.1. The van der Waals surface area contributed by atoms with E-state index in [1.807, 2.05) is 6.92 Å². The summed E-state index contributed by atoms with van der Waals surface area (Å²) in [5.74, 6) is 0.219. The lowest BCUT2D eigenvalue weighted by Gasteiger charge is -2.17. The van der Waals surface area contributed by atoms with Gasteiger partial charge < -0.3 is 16.8 Å². The van der Waals surface area contributed by atoms with E-state index in [1.165, 1.54) is 0 Å². The fourth-order valence-corrected chi connectivity index (χ4v) is 1.79. The SMILES string of the molecule is CCCCC(CN)Nc1cc(C(N)=O)cc(C)n1. The molecule has 5 nitrogen and oxygen atoms in total. The van der Waals surface area contributed by atoms with Crippen LogP contribution in [0.25, 0.3) is 0 Å². The van der Waals surface area contributed by atoms with Crippen molar-refractivity contribution in [1.29, 1.82) is 0 Å². The standard InChI is InChI=1S/C13H22N4O/c1-3-4-5-11(8-14)17-12-7-10(13(15)18)6-9(2)16-12/h6-7,11H,3-5,8,14H2,1-2H3,(H2,15,18)(H,16,17). The van der Waals surface area contributed by atoms with Crippen LogP contribution in [0.2, 0.25) is 0 Å². The third kappa shape index (κ3) is 4.33. The Hall–Kier alpha value is -1.62. The molecule has 1 amide bonds. The van der Waals surface area contributed by atoms with Crippen molar-refractivity contribution in [2.75, 3.05) is 11.9 Å². The zero-order valence-corrected chi connectivity index (χ0v) is 11.1. The molecule has 0 aliphatic heterocycles. The Balaban J connectivity index is 2.79. The predicted molar refractivity (Wildman–Crippen MR) is 73.5 cm³/mol. The van der Waals surface area contributed by atoms with Crippen LogP contribution >= 0.6 is 0 Å². The van der Waals surface area contributed by atoms with E-state index in [0.29, 0.717) is 17.9 Å². The van der Waals surface area contributed by atoms with Crippen LogP contribution in [0, 0.1) is 6.92 Å². The number of unbranched alkanes of at least 4 members (excludes halogenated alkanes) is 1. The van der Waals surface area contributed by atoms with Gasteiger partial charge in [-0.3, -0.25) is 4.79 Å². The molecule has 1 unspecified atom stereocenters. The van der Waals surface area contributed by atoms with Crippen molar-refractivity contribution in [2.24, 2.45) is 11.5 Å². The van der Waals surface area contributed by atoms with Gasteiger partial charge in [-0.1, -0.05) is 19.8 Å². The van der Waals surface area contributed by atoms with Gasteiger partial charge in [-0.25, -0.2) is 4.98 Å². The summed E-state index contributed by atoms with van der Waals surface area (Å²) < 4.78 is 0. The zero-order valence-electron chi connectivity index (χ0n) is 11.1. The molecule has 0 aliphatic rings. The number of nitrogens with zero attached hydrogens (tertiary/aromatic N) is 1. The molecule has 0 fully saturated rings. The number of nitrogens with two attached hydrogens (primary N) is 2. The second-order valence-electron chi connectivity index (χ2n) is 4.47. The number of hydrogen-bond donors (Lipinski definition) is 3. The monoisotopic (exact) mass is 250 g/mol. The van der Waals surface area contributed by atoms with Gasteiger partial charge in [0.1, 0.15) is 5.82 Å². The van der Waals surface area contributed by atoms with Crippen molar-refractivity contribution >= 4 is 11.7 Å². The number of rotatable bonds is 7. The Kier molecular flexibility index (Phi) is 5.58. The second kappa shape index (κ2) is 6.96. The Morgan fingerprint density at radius 2 is 2.22 bits per heavy atom. The van der Waals surface area contributed by atoms with E-state index in [9.17, 15) is 4.79 Å². The molecule has 1 heterocycles. The molecule has 0 saturated heterocycles. The van der Waals surface area contributed by atoms with E-state index < -0.39 is 5.91 Å². The molecular weight excluding hydrogens is 228 g/mol. The minimum absolute atomic E-state index is 0.181. The first kappa shape index (κ1) is 14.4. The number of carbonyl (C=O) groups is 1. The Bertz CT molecular complexity index is 406. The summed E-state index contributed by atoms with van der Waals surface area (Å²) in [4.78, 5) is 15.5. The van der Waals surface area contributed by atoms with E-state index in [0.717, 1.165) is 25.0 Å². The van der Waals surface area contributed by atoms with Crippen LogP contribution in [0.1, 0.15) is 42.2 Å². The molecule has 1 aromatic heterocycles. The molecule has 1 rings (SSSR count). The molecule has 1 atom stereocenters. The van der Waals surface area contributed by atoms with E-state index in [-0.39, 0.29) is 6.04 Å². The first-order valence-electron chi connectivity index (χ1n) is 6.32. The quantitative estimate of drug-likeness (QED) is 0.682. The van der Waals surface area contributed by atoms with Gasteiger partial charge in [-0.2, -0.15) is 0 Å². The molecule has 18 heavy (non-hydrogen) atoms. The van der Waals surface area contributed by atoms with Gasteiger partial charge in [0.05, 0.1) is 0 Å². The molecule has 0 aliphatic carbocycles. The van der Waals surface area contributed by atoms with Crippen molar-refractivity contribution in [3.05, 3.63) is 23.4 Å². The molecule has 5 N–H and O–H groups in total. The van der Waals surface area contributed by atoms with E-state index >= 15 is 0 Å².